The highest BCUT2D eigenvalue weighted by Crippen LogP contribution is 2.30. The number of hydrogen-bond donors (Lipinski definition) is 1. The molecule has 1 aromatic carbocycles. The van der Waals surface area contributed by atoms with Crippen LogP contribution in [0.5, 0.6) is 5.75 Å². The van der Waals surface area contributed by atoms with Gasteiger partial charge in [-0.2, -0.15) is 0 Å². The lowest BCUT2D eigenvalue weighted by Crippen LogP contribution is -2.17. The number of benzene rings is 1. The molecule has 0 saturated heterocycles. The van der Waals surface area contributed by atoms with Gasteiger partial charge in [-0.15, -0.1) is 11.3 Å². The minimum Gasteiger partial charge on any atom is -0.480 e. The van der Waals surface area contributed by atoms with Gasteiger partial charge in [-0.1, -0.05) is 6.07 Å². The van der Waals surface area contributed by atoms with Crippen molar-refractivity contribution < 1.29 is 9.13 Å². The third-order valence-corrected chi connectivity index (χ3v) is 4.26. The van der Waals surface area contributed by atoms with Crippen LogP contribution < -0.4 is 10.5 Å². The predicted octanol–water partition coefficient (Wildman–Crippen LogP) is 4.04. The summed E-state index contributed by atoms with van der Waals surface area (Å²) in [5, 5.41) is 1.95. The van der Waals surface area contributed by atoms with Crippen LogP contribution in [0.15, 0.2) is 34.1 Å². The van der Waals surface area contributed by atoms with E-state index in [9.17, 15) is 4.39 Å². The SMILES string of the molecule is Cc1ccc(F)c(OC(CN)c2cc(Br)cs2)c1. The molecule has 1 aromatic heterocycles. The van der Waals surface area contributed by atoms with Gasteiger partial charge in [-0.05, 0) is 46.6 Å². The Kier molecular flexibility index (Phi) is 4.37. The van der Waals surface area contributed by atoms with Gasteiger partial charge in [0.15, 0.2) is 11.6 Å². The lowest BCUT2D eigenvalue weighted by atomic mass is 10.2. The maximum atomic E-state index is 13.6. The Morgan fingerprint density at radius 2 is 2.22 bits per heavy atom. The van der Waals surface area contributed by atoms with Gasteiger partial charge in [0.05, 0.1) is 0 Å². The van der Waals surface area contributed by atoms with Crippen molar-refractivity contribution >= 4 is 27.3 Å². The summed E-state index contributed by atoms with van der Waals surface area (Å²) in [6.07, 6.45) is -0.322. The van der Waals surface area contributed by atoms with Gasteiger partial charge in [0.1, 0.15) is 6.10 Å². The van der Waals surface area contributed by atoms with E-state index in [1.54, 1.807) is 12.1 Å². The van der Waals surface area contributed by atoms with Gasteiger partial charge in [0.25, 0.3) is 0 Å². The third kappa shape index (κ3) is 3.10. The molecule has 0 spiro atoms. The topological polar surface area (TPSA) is 35.2 Å². The fourth-order valence-electron chi connectivity index (χ4n) is 1.57. The highest BCUT2D eigenvalue weighted by atomic mass is 79.9. The van der Waals surface area contributed by atoms with E-state index in [2.05, 4.69) is 15.9 Å². The van der Waals surface area contributed by atoms with Gasteiger partial charge in [0.2, 0.25) is 0 Å². The van der Waals surface area contributed by atoms with Crippen LogP contribution in [-0.2, 0) is 0 Å². The van der Waals surface area contributed by atoms with Crippen LogP contribution in [0.1, 0.15) is 16.5 Å². The average Bonchev–Trinajstić information content (AvgIpc) is 2.77. The summed E-state index contributed by atoms with van der Waals surface area (Å²) in [6.45, 7) is 2.20. The normalized spacial score (nSPS) is 12.4. The van der Waals surface area contributed by atoms with E-state index in [1.165, 1.54) is 17.4 Å². The van der Waals surface area contributed by atoms with E-state index in [4.69, 9.17) is 10.5 Å². The molecule has 2 N–H and O–H groups in total. The number of ether oxygens (including phenoxy) is 1. The summed E-state index contributed by atoms with van der Waals surface area (Å²) in [7, 11) is 0. The van der Waals surface area contributed by atoms with Gasteiger partial charge >= 0.3 is 0 Å². The molecule has 5 heteroatoms. The van der Waals surface area contributed by atoms with Crippen LogP contribution in [0.4, 0.5) is 4.39 Å². The van der Waals surface area contributed by atoms with Gasteiger partial charge in [-0.25, -0.2) is 4.39 Å². The van der Waals surface area contributed by atoms with Crippen LogP contribution in [0, 0.1) is 12.7 Å². The maximum Gasteiger partial charge on any atom is 0.165 e. The lowest BCUT2D eigenvalue weighted by Gasteiger charge is -2.16. The first kappa shape index (κ1) is 13.5. The molecule has 1 heterocycles. The molecule has 0 fully saturated rings. The molecule has 0 aliphatic carbocycles. The second-order valence-electron chi connectivity index (χ2n) is 3.94. The zero-order valence-corrected chi connectivity index (χ0v) is 12.2. The third-order valence-electron chi connectivity index (χ3n) is 2.48. The van der Waals surface area contributed by atoms with Crippen LogP contribution in [0.2, 0.25) is 0 Å². The molecule has 0 saturated carbocycles. The molecular formula is C13H13BrFNOS. The molecule has 96 valence electrons. The Morgan fingerprint density at radius 3 is 2.83 bits per heavy atom. The maximum absolute atomic E-state index is 13.6. The van der Waals surface area contributed by atoms with E-state index in [0.29, 0.717) is 6.54 Å². The molecule has 1 atom stereocenters. The second-order valence-corrected chi connectivity index (χ2v) is 5.80. The fourth-order valence-corrected chi connectivity index (χ4v) is 3.06. The van der Waals surface area contributed by atoms with Gasteiger partial charge in [-0.3, -0.25) is 0 Å². The van der Waals surface area contributed by atoms with Crippen molar-refractivity contribution in [1.82, 2.24) is 0 Å². The summed E-state index contributed by atoms with van der Waals surface area (Å²) in [5.74, 6) is -0.121. The molecule has 18 heavy (non-hydrogen) atoms. The monoisotopic (exact) mass is 329 g/mol. The highest BCUT2D eigenvalue weighted by Gasteiger charge is 2.16. The molecule has 0 aliphatic rings. The van der Waals surface area contributed by atoms with Crippen molar-refractivity contribution in [2.75, 3.05) is 6.54 Å². The Labute approximate surface area is 118 Å². The number of nitrogens with two attached hydrogens (primary N) is 1. The van der Waals surface area contributed by atoms with Crippen LogP contribution >= 0.6 is 27.3 Å². The Morgan fingerprint density at radius 1 is 1.44 bits per heavy atom. The Hall–Kier alpha value is -0.910. The molecular weight excluding hydrogens is 317 g/mol. The predicted molar refractivity (Wildman–Crippen MR) is 75.6 cm³/mol. The van der Waals surface area contributed by atoms with Crippen molar-refractivity contribution in [2.45, 2.75) is 13.0 Å². The standard InChI is InChI=1S/C13H13BrFNOS/c1-8-2-3-10(15)11(4-8)17-12(6-16)13-5-9(14)7-18-13/h2-5,7,12H,6,16H2,1H3. The average molecular weight is 330 g/mol. The highest BCUT2D eigenvalue weighted by molar-refractivity contribution is 9.10. The molecule has 2 rings (SSSR count). The summed E-state index contributed by atoms with van der Waals surface area (Å²) >= 11 is 4.92. The second kappa shape index (κ2) is 5.82. The van der Waals surface area contributed by atoms with E-state index in [0.717, 1.165) is 14.9 Å². The first-order valence-corrected chi connectivity index (χ1v) is 7.14. The number of thiophene rings is 1. The van der Waals surface area contributed by atoms with Gasteiger partial charge < -0.3 is 10.5 Å². The van der Waals surface area contributed by atoms with Crippen molar-refractivity contribution in [3.8, 4) is 5.75 Å². The first-order chi connectivity index (χ1) is 8.60. The Bertz CT molecular complexity index is 544. The lowest BCUT2D eigenvalue weighted by molar-refractivity contribution is 0.208. The molecule has 0 amide bonds. The van der Waals surface area contributed by atoms with Crippen LogP contribution in [0.25, 0.3) is 0 Å². The summed E-state index contributed by atoms with van der Waals surface area (Å²) in [6, 6.07) is 6.74. The minimum atomic E-state index is -0.366. The summed E-state index contributed by atoms with van der Waals surface area (Å²) in [4.78, 5) is 0.977. The van der Waals surface area contributed by atoms with E-state index < -0.39 is 0 Å². The largest absolute Gasteiger partial charge is 0.480 e. The molecule has 0 aliphatic heterocycles. The number of hydrogen-bond acceptors (Lipinski definition) is 3. The fraction of sp³-hybridized carbons (Fsp3) is 0.231. The smallest absolute Gasteiger partial charge is 0.165 e. The van der Waals surface area contributed by atoms with Crippen molar-refractivity contribution in [3.05, 3.63) is 50.4 Å². The van der Waals surface area contributed by atoms with Crippen molar-refractivity contribution in [1.29, 1.82) is 0 Å². The number of rotatable bonds is 4. The first-order valence-electron chi connectivity index (χ1n) is 5.47. The number of aryl methyl sites for hydroxylation is 1. The van der Waals surface area contributed by atoms with E-state index in [1.807, 2.05) is 18.4 Å². The van der Waals surface area contributed by atoms with E-state index >= 15 is 0 Å². The van der Waals surface area contributed by atoms with Crippen molar-refractivity contribution in [3.63, 3.8) is 0 Å². The quantitative estimate of drug-likeness (QED) is 0.918. The van der Waals surface area contributed by atoms with Crippen molar-refractivity contribution in [2.24, 2.45) is 5.73 Å². The van der Waals surface area contributed by atoms with Crippen LogP contribution in [0.3, 0.4) is 0 Å². The molecule has 2 nitrogen and oxygen atoms in total. The summed E-state index contributed by atoms with van der Waals surface area (Å²) < 4.78 is 20.3. The molecule has 0 radical (unpaired) electrons. The molecule has 0 bridgehead atoms. The zero-order chi connectivity index (χ0) is 13.1. The van der Waals surface area contributed by atoms with Gasteiger partial charge in [0, 0.05) is 21.3 Å². The van der Waals surface area contributed by atoms with Crippen LogP contribution in [-0.4, -0.2) is 6.54 Å². The minimum absolute atomic E-state index is 0.245. The Balaban J connectivity index is 2.22. The number of halogens is 2. The van der Waals surface area contributed by atoms with E-state index in [-0.39, 0.29) is 17.7 Å². The zero-order valence-electron chi connectivity index (χ0n) is 9.82. The molecule has 1 unspecified atom stereocenters. The summed E-state index contributed by atoms with van der Waals surface area (Å²) in [5.41, 5.74) is 6.65. The molecule has 2 aromatic rings.